The monoisotopic (exact) mass is 415 g/mol. The van der Waals surface area contributed by atoms with Gasteiger partial charge in [0.2, 0.25) is 5.13 Å². The molecule has 2 aliphatic rings. The van der Waals surface area contributed by atoms with E-state index in [2.05, 4.69) is 20.6 Å². The number of carbonyl (C=O) groups excluding carboxylic acids is 1. The molecule has 0 bridgehead atoms. The minimum absolute atomic E-state index is 0.111. The predicted octanol–water partition coefficient (Wildman–Crippen LogP) is 3.77. The maximum Gasteiger partial charge on any atom is 0.253 e. The Bertz CT molecular complexity index is 979. The summed E-state index contributed by atoms with van der Waals surface area (Å²) in [5.41, 5.74) is 0.733. The van der Waals surface area contributed by atoms with Crippen molar-refractivity contribution < 1.29 is 13.6 Å². The van der Waals surface area contributed by atoms with Crippen molar-refractivity contribution in [2.75, 3.05) is 11.1 Å². The van der Waals surface area contributed by atoms with Crippen molar-refractivity contribution in [1.29, 1.82) is 0 Å². The van der Waals surface area contributed by atoms with E-state index in [-0.39, 0.29) is 17.7 Å². The maximum atomic E-state index is 12.9. The van der Waals surface area contributed by atoms with Crippen molar-refractivity contribution in [3.05, 3.63) is 48.3 Å². The van der Waals surface area contributed by atoms with Crippen LogP contribution in [0.1, 0.15) is 36.8 Å². The third-order valence-electron chi connectivity index (χ3n) is 4.47. The number of furan rings is 2. The molecule has 1 fully saturated rings. The summed E-state index contributed by atoms with van der Waals surface area (Å²) >= 11 is 2.84. The highest BCUT2D eigenvalue weighted by Gasteiger charge is 2.35. The van der Waals surface area contributed by atoms with E-state index < -0.39 is 0 Å². The number of amides is 1. The van der Waals surface area contributed by atoms with Gasteiger partial charge in [-0.15, -0.1) is 10.2 Å². The van der Waals surface area contributed by atoms with E-state index in [1.54, 1.807) is 12.5 Å². The van der Waals surface area contributed by atoms with Gasteiger partial charge in [0.25, 0.3) is 5.91 Å². The molecule has 28 heavy (non-hydrogen) atoms. The molecule has 5 rings (SSSR count). The Morgan fingerprint density at radius 1 is 1.25 bits per heavy atom. The summed E-state index contributed by atoms with van der Waals surface area (Å²) in [6.07, 6.45) is 6.11. The highest BCUT2D eigenvalue weighted by Crippen LogP contribution is 2.35. The molecular formula is C18H17N5O3S2. The van der Waals surface area contributed by atoms with Gasteiger partial charge in [-0.05, 0) is 37.1 Å². The number of rotatable bonds is 7. The largest absolute Gasteiger partial charge is 0.467 e. The average Bonchev–Trinajstić information content (AvgIpc) is 3.24. The Balaban J connectivity index is 1.28. The molecule has 0 aromatic carbocycles. The van der Waals surface area contributed by atoms with Crippen LogP contribution in [0, 0.1) is 0 Å². The number of thioether (sulfide) groups is 1. The SMILES string of the molecule is O=C(CSc1nnc(NC2CC2)s1)N1N=C(c2ccco2)CC1c1ccco1. The summed E-state index contributed by atoms with van der Waals surface area (Å²) in [6, 6.07) is 7.58. The fraction of sp³-hybridized carbons (Fsp3) is 0.333. The minimum atomic E-state index is -0.273. The summed E-state index contributed by atoms with van der Waals surface area (Å²) in [4.78, 5) is 12.9. The third-order valence-corrected chi connectivity index (χ3v) is 6.45. The van der Waals surface area contributed by atoms with Crippen molar-refractivity contribution in [2.24, 2.45) is 5.10 Å². The fourth-order valence-electron chi connectivity index (χ4n) is 2.95. The molecule has 3 aromatic rings. The number of hydrogen-bond donors (Lipinski definition) is 1. The zero-order valence-electron chi connectivity index (χ0n) is 14.8. The average molecular weight is 416 g/mol. The van der Waals surface area contributed by atoms with Crippen molar-refractivity contribution in [3.63, 3.8) is 0 Å². The molecule has 0 spiro atoms. The van der Waals surface area contributed by atoms with Crippen LogP contribution < -0.4 is 5.32 Å². The van der Waals surface area contributed by atoms with Crippen LogP contribution in [0.2, 0.25) is 0 Å². The van der Waals surface area contributed by atoms with Gasteiger partial charge in [0.15, 0.2) is 4.34 Å². The molecule has 144 valence electrons. The molecule has 3 aromatic heterocycles. The molecule has 1 amide bonds. The topological polar surface area (TPSA) is 96.8 Å². The molecule has 4 heterocycles. The number of nitrogens with one attached hydrogen (secondary N) is 1. The molecule has 1 aliphatic heterocycles. The first kappa shape index (κ1) is 17.5. The first-order valence-corrected chi connectivity index (χ1v) is 10.8. The van der Waals surface area contributed by atoms with Gasteiger partial charge in [0, 0.05) is 12.5 Å². The van der Waals surface area contributed by atoms with Crippen molar-refractivity contribution in [2.45, 2.75) is 35.7 Å². The van der Waals surface area contributed by atoms with Gasteiger partial charge in [-0.3, -0.25) is 4.79 Å². The second kappa shape index (κ2) is 7.44. The molecule has 10 heteroatoms. The van der Waals surface area contributed by atoms with E-state index in [1.165, 1.54) is 40.9 Å². The van der Waals surface area contributed by atoms with Crippen LogP contribution in [-0.2, 0) is 4.79 Å². The summed E-state index contributed by atoms with van der Waals surface area (Å²) in [5, 5.41) is 18.4. The molecule has 0 radical (unpaired) electrons. The van der Waals surface area contributed by atoms with Gasteiger partial charge in [0.1, 0.15) is 23.3 Å². The van der Waals surface area contributed by atoms with E-state index in [0.29, 0.717) is 24.0 Å². The summed E-state index contributed by atoms with van der Waals surface area (Å²) in [7, 11) is 0. The number of hydrogen-bond acceptors (Lipinski definition) is 9. The number of nitrogens with zero attached hydrogens (tertiary/aromatic N) is 4. The van der Waals surface area contributed by atoms with Gasteiger partial charge < -0.3 is 14.2 Å². The van der Waals surface area contributed by atoms with Gasteiger partial charge in [-0.25, -0.2) is 5.01 Å². The zero-order valence-corrected chi connectivity index (χ0v) is 16.4. The lowest BCUT2D eigenvalue weighted by atomic mass is 10.1. The summed E-state index contributed by atoms with van der Waals surface area (Å²) in [5.74, 6) is 1.49. The Kier molecular flexibility index (Phi) is 4.65. The van der Waals surface area contributed by atoms with E-state index >= 15 is 0 Å². The lowest BCUT2D eigenvalue weighted by Gasteiger charge is -2.19. The quantitative estimate of drug-likeness (QED) is 0.587. The third kappa shape index (κ3) is 3.69. The molecule has 1 atom stereocenters. The Morgan fingerprint density at radius 2 is 2.11 bits per heavy atom. The van der Waals surface area contributed by atoms with Crippen LogP contribution in [-0.4, -0.2) is 38.6 Å². The second-order valence-corrected chi connectivity index (χ2v) is 8.78. The lowest BCUT2D eigenvalue weighted by molar-refractivity contribution is -0.130. The minimum Gasteiger partial charge on any atom is -0.467 e. The molecule has 8 nitrogen and oxygen atoms in total. The summed E-state index contributed by atoms with van der Waals surface area (Å²) in [6.45, 7) is 0. The highest BCUT2D eigenvalue weighted by molar-refractivity contribution is 8.01. The first-order chi connectivity index (χ1) is 13.8. The van der Waals surface area contributed by atoms with E-state index in [9.17, 15) is 4.79 Å². The number of carbonyl (C=O) groups is 1. The Morgan fingerprint density at radius 3 is 2.86 bits per heavy atom. The second-order valence-electron chi connectivity index (χ2n) is 6.58. The molecular weight excluding hydrogens is 398 g/mol. The lowest BCUT2D eigenvalue weighted by Crippen LogP contribution is -2.28. The smallest absolute Gasteiger partial charge is 0.253 e. The first-order valence-electron chi connectivity index (χ1n) is 8.96. The fourth-order valence-corrected chi connectivity index (χ4v) is 4.63. The number of aromatic nitrogens is 2. The van der Waals surface area contributed by atoms with Crippen LogP contribution in [0.25, 0.3) is 0 Å². The molecule has 0 saturated heterocycles. The van der Waals surface area contributed by atoms with Gasteiger partial charge in [-0.2, -0.15) is 5.10 Å². The molecule has 1 unspecified atom stereocenters. The maximum absolute atomic E-state index is 12.9. The van der Waals surface area contributed by atoms with E-state index in [0.717, 1.165) is 15.2 Å². The highest BCUT2D eigenvalue weighted by atomic mass is 32.2. The molecule has 1 aliphatic carbocycles. The van der Waals surface area contributed by atoms with E-state index in [1.807, 2.05) is 24.3 Å². The Hall–Kier alpha value is -2.59. The predicted molar refractivity (Wildman–Crippen MR) is 105 cm³/mol. The van der Waals surface area contributed by atoms with Crippen molar-refractivity contribution >= 4 is 39.8 Å². The van der Waals surface area contributed by atoms with Crippen LogP contribution in [0.4, 0.5) is 5.13 Å². The zero-order chi connectivity index (χ0) is 18.9. The van der Waals surface area contributed by atoms with Gasteiger partial charge in [-0.1, -0.05) is 23.1 Å². The van der Waals surface area contributed by atoms with Crippen molar-refractivity contribution in [1.82, 2.24) is 15.2 Å². The van der Waals surface area contributed by atoms with Crippen LogP contribution in [0.3, 0.4) is 0 Å². The standard InChI is InChI=1S/C18H17N5O3S2/c24-16(10-27-18-21-20-17(28-18)19-11-5-6-11)23-13(15-4-2-8-26-15)9-12(22-23)14-3-1-7-25-14/h1-4,7-8,11,13H,5-6,9-10H2,(H,19,20). The van der Waals surface area contributed by atoms with Gasteiger partial charge >= 0.3 is 0 Å². The number of anilines is 1. The van der Waals surface area contributed by atoms with Gasteiger partial charge in [0.05, 0.1) is 18.3 Å². The normalized spacial score (nSPS) is 19.1. The summed E-state index contributed by atoms with van der Waals surface area (Å²) < 4.78 is 11.8. The Labute approximate surface area is 169 Å². The van der Waals surface area contributed by atoms with Crippen LogP contribution in [0.5, 0.6) is 0 Å². The van der Waals surface area contributed by atoms with Crippen LogP contribution in [0.15, 0.2) is 55.1 Å². The van der Waals surface area contributed by atoms with E-state index in [4.69, 9.17) is 8.83 Å². The van der Waals surface area contributed by atoms with Crippen LogP contribution >= 0.6 is 23.1 Å². The van der Waals surface area contributed by atoms with Crippen molar-refractivity contribution in [3.8, 4) is 0 Å². The number of hydrazone groups is 1. The molecule has 1 N–H and O–H groups in total. The molecule has 1 saturated carbocycles.